The van der Waals surface area contributed by atoms with E-state index in [1.54, 1.807) is 12.3 Å². The lowest BCUT2D eigenvalue weighted by Crippen LogP contribution is -2.35. The van der Waals surface area contributed by atoms with E-state index in [9.17, 15) is 13.2 Å². The number of nitrogens with one attached hydrogen (secondary N) is 1. The van der Waals surface area contributed by atoms with Crippen molar-refractivity contribution in [2.75, 3.05) is 7.11 Å². The predicted molar refractivity (Wildman–Crippen MR) is 142 cm³/mol. The summed E-state index contributed by atoms with van der Waals surface area (Å²) in [5.41, 5.74) is 5.19. The number of halogens is 2. The topological polar surface area (TPSA) is 85.4 Å². The van der Waals surface area contributed by atoms with Gasteiger partial charge in [0.2, 0.25) is 10.0 Å². The quantitative estimate of drug-likeness (QED) is 0.279. The lowest BCUT2D eigenvalue weighted by atomic mass is 9.95. The maximum Gasteiger partial charge on any atom is 0.305 e. The highest BCUT2D eigenvalue weighted by atomic mass is 35.5. The first-order valence-corrected chi connectivity index (χ1v) is 13.8. The van der Waals surface area contributed by atoms with Crippen LogP contribution >= 0.6 is 23.2 Å². The van der Waals surface area contributed by atoms with E-state index < -0.39 is 10.0 Å². The van der Waals surface area contributed by atoms with Crippen LogP contribution in [-0.2, 0) is 32.4 Å². The van der Waals surface area contributed by atoms with E-state index in [1.807, 2.05) is 30.5 Å². The molecule has 188 valence electrons. The molecule has 1 aliphatic rings. The Bertz CT molecular complexity index is 1390. The third-order valence-electron chi connectivity index (χ3n) is 6.09. The normalized spacial score (nSPS) is 15.5. The smallest absolute Gasteiger partial charge is 0.305 e. The Labute approximate surface area is 221 Å². The zero-order chi connectivity index (χ0) is 25.7. The van der Waals surface area contributed by atoms with Crippen LogP contribution in [-0.4, -0.2) is 32.5 Å². The van der Waals surface area contributed by atoms with E-state index in [4.69, 9.17) is 27.9 Å². The molecular weight excluding hydrogens is 519 g/mol. The Morgan fingerprint density at radius 2 is 1.92 bits per heavy atom. The van der Waals surface area contributed by atoms with Gasteiger partial charge in [-0.25, -0.2) is 13.1 Å². The Morgan fingerprint density at radius 3 is 2.67 bits per heavy atom. The lowest BCUT2D eigenvalue weighted by molar-refractivity contribution is -0.140. The predicted octanol–water partition coefficient (Wildman–Crippen LogP) is 5.61. The van der Waals surface area contributed by atoms with E-state index in [0.29, 0.717) is 37.1 Å². The first-order chi connectivity index (χ1) is 17.3. The van der Waals surface area contributed by atoms with Crippen LogP contribution in [0.25, 0.3) is 5.57 Å². The molecule has 0 fully saturated rings. The molecule has 0 saturated carbocycles. The van der Waals surface area contributed by atoms with Crippen LogP contribution in [0.3, 0.4) is 0 Å². The number of unbranched alkanes of at least 4 members (excludes halogenated alkanes) is 1. The molecule has 36 heavy (non-hydrogen) atoms. The molecule has 3 aromatic rings. The Hall–Kier alpha value is -2.71. The van der Waals surface area contributed by atoms with Crippen LogP contribution in [0, 0.1) is 0 Å². The second kappa shape index (κ2) is 11.6. The van der Waals surface area contributed by atoms with Crippen molar-refractivity contribution in [2.45, 2.75) is 43.0 Å². The third-order valence-corrected chi connectivity index (χ3v) is 8.33. The lowest BCUT2D eigenvalue weighted by Gasteiger charge is -2.14. The van der Waals surface area contributed by atoms with Crippen molar-refractivity contribution in [1.82, 2.24) is 9.71 Å². The summed E-state index contributed by atoms with van der Waals surface area (Å²) in [6.07, 6.45) is 8.53. The first kappa shape index (κ1) is 26.4. The summed E-state index contributed by atoms with van der Waals surface area (Å²) in [6.45, 7) is 0. The number of benzene rings is 2. The second-order valence-electron chi connectivity index (χ2n) is 8.61. The molecule has 1 atom stereocenters. The van der Waals surface area contributed by atoms with Crippen LogP contribution in [0.2, 0.25) is 10.0 Å². The number of fused-ring (bicyclic) bond motifs is 1. The van der Waals surface area contributed by atoms with Gasteiger partial charge < -0.3 is 4.74 Å². The largest absolute Gasteiger partial charge is 0.469 e. The van der Waals surface area contributed by atoms with Gasteiger partial charge in [-0.2, -0.15) is 0 Å². The van der Waals surface area contributed by atoms with E-state index in [2.05, 4.69) is 21.8 Å². The maximum absolute atomic E-state index is 13.0. The van der Waals surface area contributed by atoms with Gasteiger partial charge >= 0.3 is 5.97 Å². The molecule has 1 aromatic heterocycles. The highest BCUT2D eigenvalue weighted by Gasteiger charge is 2.28. The van der Waals surface area contributed by atoms with Crippen LogP contribution in [0.4, 0.5) is 0 Å². The molecule has 0 aliphatic heterocycles. The number of carbonyl (C=O) groups excluding carboxylic acids is 1. The van der Waals surface area contributed by atoms with Crippen LogP contribution < -0.4 is 4.72 Å². The number of hydrogen-bond acceptors (Lipinski definition) is 5. The highest BCUT2D eigenvalue weighted by molar-refractivity contribution is 7.89. The van der Waals surface area contributed by atoms with Gasteiger partial charge in [0.05, 0.1) is 12.1 Å². The second-order valence-corrected chi connectivity index (χ2v) is 11.1. The molecule has 1 heterocycles. The van der Waals surface area contributed by atoms with Crippen LogP contribution in [0.5, 0.6) is 0 Å². The minimum atomic E-state index is -3.83. The summed E-state index contributed by atoms with van der Waals surface area (Å²) in [4.78, 5) is 15.7. The zero-order valence-electron chi connectivity index (χ0n) is 19.7. The van der Waals surface area contributed by atoms with Crippen molar-refractivity contribution in [3.8, 4) is 0 Å². The number of allylic oxidation sites excluding steroid dienone is 1. The van der Waals surface area contributed by atoms with Gasteiger partial charge in [-0.15, -0.1) is 0 Å². The van der Waals surface area contributed by atoms with Gasteiger partial charge in [0, 0.05) is 35.4 Å². The number of aromatic nitrogens is 1. The van der Waals surface area contributed by atoms with Gasteiger partial charge in [0.15, 0.2) is 0 Å². The number of ether oxygens (including phenoxy) is 1. The van der Waals surface area contributed by atoms with E-state index in [-0.39, 0.29) is 21.9 Å². The summed E-state index contributed by atoms with van der Waals surface area (Å²) in [5, 5.41) is 0.434. The minimum Gasteiger partial charge on any atom is -0.469 e. The molecule has 0 amide bonds. The fraction of sp³-hybridized carbons (Fsp3) is 0.259. The van der Waals surface area contributed by atoms with E-state index >= 15 is 0 Å². The average Bonchev–Trinajstić information content (AvgIpc) is 3.26. The summed E-state index contributed by atoms with van der Waals surface area (Å²) in [5.74, 6) is -0.226. The van der Waals surface area contributed by atoms with Crippen molar-refractivity contribution in [1.29, 1.82) is 0 Å². The fourth-order valence-electron chi connectivity index (χ4n) is 4.35. The van der Waals surface area contributed by atoms with E-state index in [0.717, 1.165) is 27.8 Å². The van der Waals surface area contributed by atoms with Crippen molar-refractivity contribution < 1.29 is 17.9 Å². The number of pyridine rings is 1. The van der Waals surface area contributed by atoms with Gasteiger partial charge in [-0.3, -0.25) is 9.78 Å². The maximum atomic E-state index is 13.0. The molecule has 1 unspecified atom stereocenters. The summed E-state index contributed by atoms with van der Waals surface area (Å²) in [6, 6.07) is 14.2. The Balaban J connectivity index is 1.54. The average molecular weight is 545 g/mol. The fourth-order valence-corrected chi connectivity index (χ4v) is 6.35. The Morgan fingerprint density at radius 1 is 1.11 bits per heavy atom. The summed E-state index contributed by atoms with van der Waals surface area (Å²) >= 11 is 12.1. The van der Waals surface area contributed by atoms with Gasteiger partial charge in [0.25, 0.3) is 0 Å². The standard InChI is InChI=1S/C27H26Cl2N2O4S/c1-35-27(32)7-3-2-6-24(20-5-4-12-30-17-20)19-9-8-18-14-23(15-21(18)13-19)31-36(33,34)26-16-22(28)10-11-25(26)29/h4-6,8-13,16-17,23,31H,2-3,7,14-15H2,1H3/b24-6-. The summed E-state index contributed by atoms with van der Waals surface area (Å²) in [7, 11) is -2.44. The highest BCUT2D eigenvalue weighted by Crippen LogP contribution is 2.31. The zero-order valence-corrected chi connectivity index (χ0v) is 22.0. The number of sulfonamides is 1. The molecule has 0 saturated heterocycles. The van der Waals surface area contributed by atoms with Crippen molar-refractivity contribution in [3.63, 3.8) is 0 Å². The van der Waals surface area contributed by atoms with Gasteiger partial charge in [0.1, 0.15) is 4.90 Å². The monoisotopic (exact) mass is 544 g/mol. The number of carbonyl (C=O) groups is 1. The summed E-state index contributed by atoms with van der Waals surface area (Å²) < 4.78 is 33.5. The molecule has 0 spiro atoms. The molecular formula is C27H26Cl2N2O4S. The molecule has 1 aliphatic carbocycles. The molecule has 0 bridgehead atoms. The van der Waals surface area contributed by atoms with E-state index in [1.165, 1.54) is 19.2 Å². The Kier molecular flexibility index (Phi) is 8.46. The number of hydrogen-bond donors (Lipinski definition) is 1. The SMILES string of the molecule is COC(=O)CCC/C=C(\c1cccnc1)c1ccc2c(c1)CC(NS(=O)(=O)c1cc(Cl)ccc1Cl)C2. The van der Waals surface area contributed by atoms with Crippen molar-refractivity contribution in [3.05, 3.63) is 99.3 Å². The van der Waals surface area contributed by atoms with Crippen LogP contribution in [0.1, 0.15) is 41.5 Å². The van der Waals surface area contributed by atoms with Gasteiger partial charge in [-0.05, 0) is 72.2 Å². The van der Waals surface area contributed by atoms with Crippen molar-refractivity contribution >= 4 is 44.8 Å². The number of nitrogens with zero attached hydrogens (tertiary/aromatic N) is 1. The number of rotatable bonds is 9. The van der Waals surface area contributed by atoms with Gasteiger partial charge in [-0.1, -0.05) is 53.5 Å². The number of esters is 1. The molecule has 0 radical (unpaired) electrons. The van der Waals surface area contributed by atoms with Crippen molar-refractivity contribution in [2.24, 2.45) is 0 Å². The molecule has 2 aromatic carbocycles. The molecule has 6 nitrogen and oxygen atoms in total. The molecule has 9 heteroatoms. The minimum absolute atomic E-state index is 0.0259. The third kappa shape index (κ3) is 6.34. The molecule has 1 N–H and O–H groups in total. The first-order valence-electron chi connectivity index (χ1n) is 11.5. The molecule has 4 rings (SSSR count). The van der Waals surface area contributed by atoms with Crippen LogP contribution in [0.15, 0.2) is 71.9 Å². The number of methoxy groups -OCH3 is 1.